The number of pyridine rings is 1. The Kier molecular flexibility index (Phi) is 6.67. The Bertz CT molecular complexity index is 1260. The monoisotopic (exact) mass is 468 g/mol. The van der Waals surface area contributed by atoms with E-state index in [2.05, 4.69) is 16.8 Å². The van der Waals surface area contributed by atoms with Crippen molar-refractivity contribution in [3.63, 3.8) is 0 Å². The van der Waals surface area contributed by atoms with Crippen molar-refractivity contribution in [2.24, 2.45) is 5.41 Å². The van der Waals surface area contributed by atoms with E-state index in [4.69, 9.17) is 0 Å². The number of para-hydroxylation sites is 1. The zero-order chi connectivity index (χ0) is 24.4. The molecule has 0 bridgehead atoms. The summed E-state index contributed by atoms with van der Waals surface area (Å²) in [6.07, 6.45) is -0.225. The maximum absolute atomic E-state index is 13.3. The highest BCUT2D eigenvalue weighted by atomic mass is 31.1. The largest absolute Gasteiger partial charge is 0.541 e. The molecular weight excluding hydrogens is 444 g/mol. The van der Waals surface area contributed by atoms with Crippen molar-refractivity contribution in [2.45, 2.75) is 37.9 Å². The molecule has 3 aromatic rings. The number of hydrogen-bond donors (Lipinski definition) is 3. The van der Waals surface area contributed by atoms with Gasteiger partial charge >= 0.3 is 19.2 Å². The molecule has 3 rings (SSSR count). The van der Waals surface area contributed by atoms with Crippen LogP contribution in [0.15, 0.2) is 60.7 Å². The first-order chi connectivity index (χ1) is 15.4. The van der Waals surface area contributed by atoms with Gasteiger partial charge in [-0.05, 0) is 58.7 Å². The van der Waals surface area contributed by atoms with Crippen LogP contribution in [0.25, 0.3) is 10.9 Å². The summed E-state index contributed by atoms with van der Waals surface area (Å²) in [6.45, 7) is 5.30. The average Bonchev–Trinajstić information content (AvgIpc) is 2.73. The number of fused-ring (bicyclic) bond motifs is 1. The van der Waals surface area contributed by atoms with E-state index in [9.17, 15) is 28.9 Å². The number of aliphatic hydroxyl groups is 1. The minimum Gasteiger partial charge on any atom is -0.477 e. The second-order valence-electron chi connectivity index (χ2n) is 9.03. The SMILES string of the molecule is CC(C)(C)CC(O)(c1ccc2ccccc2n1)C(C#Cc1ccc(F)cc1)(C(=O)O)[P+](=O)O. The van der Waals surface area contributed by atoms with Gasteiger partial charge in [-0.15, -0.1) is 0 Å². The van der Waals surface area contributed by atoms with E-state index < -0.39 is 36.0 Å². The van der Waals surface area contributed by atoms with E-state index in [1.54, 1.807) is 45.0 Å². The molecule has 0 saturated carbocycles. The maximum atomic E-state index is 13.3. The van der Waals surface area contributed by atoms with E-state index in [1.165, 1.54) is 18.2 Å². The van der Waals surface area contributed by atoms with Crippen molar-refractivity contribution in [1.29, 1.82) is 0 Å². The average molecular weight is 468 g/mol. The summed E-state index contributed by atoms with van der Waals surface area (Å²) < 4.78 is 26.0. The lowest BCUT2D eigenvalue weighted by Gasteiger charge is -2.37. The summed E-state index contributed by atoms with van der Waals surface area (Å²) in [5, 5.41) is 20.2. The number of carboxylic acids is 1. The first-order valence-corrected chi connectivity index (χ1v) is 11.4. The van der Waals surface area contributed by atoms with Crippen LogP contribution < -0.4 is 0 Å². The van der Waals surface area contributed by atoms with Crippen molar-refractivity contribution in [1.82, 2.24) is 4.98 Å². The third kappa shape index (κ3) is 4.79. The number of rotatable bonds is 5. The molecule has 0 aliphatic carbocycles. The molecule has 0 fully saturated rings. The third-order valence-electron chi connectivity index (χ3n) is 5.24. The molecule has 2 aromatic carbocycles. The fraction of sp³-hybridized carbons (Fsp3) is 0.280. The number of halogens is 1. The molecule has 6 nitrogen and oxygen atoms in total. The van der Waals surface area contributed by atoms with E-state index in [1.807, 2.05) is 6.07 Å². The number of aromatic nitrogens is 1. The van der Waals surface area contributed by atoms with Crippen LogP contribution in [-0.4, -0.2) is 31.2 Å². The number of carbonyl (C=O) groups is 1. The molecule has 0 radical (unpaired) electrons. The molecule has 3 unspecified atom stereocenters. The second kappa shape index (κ2) is 8.99. The minimum absolute atomic E-state index is 0.0793. The lowest BCUT2D eigenvalue weighted by molar-refractivity contribution is -0.148. The molecule has 0 aliphatic heterocycles. The van der Waals surface area contributed by atoms with Gasteiger partial charge < -0.3 is 10.2 Å². The Morgan fingerprint density at radius 3 is 2.27 bits per heavy atom. The quantitative estimate of drug-likeness (QED) is 0.373. The predicted molar refractivity (Wildman–Crippen MR) is 123 cm³/mol. The van der Waals surface area contributed by atoms with Gasteiger partial charge in [0.15, 0.2) is 5.60 Å². The van der Waals surface area contributed by atoms with Gasteiger partial charge in [-0.1, -0.05) is 51.0 Å². The molecule has 1 heterocycles. The van der Waals surface area contributed by atoms with Gasteiger partial charge in [0.2, 0.25) is 0 Å². The summed E-state index contributed by atoms with van der Waals surface area (Å²) in [5.74, 6) is 2.65. The Hall–Kier alpha value is -3.17. The van der Waals surface area contributed by atoms with E-state index >= 15 is 0 Å². The van der Waals surface area contributed by atoms with Crippen molar-refractivity contribution in [3.8, 4) is 11.8 Å². The lowest BCUT2D eigenvalue weighted by Crippen LogP contribution is -2.56. The van der Waals surface area contributed by atoms with Crippen LogP contribution in [0.5, 0.6) is 0 Å². The summed E-state index contributed by atoms with van der Waals surface area (Å²) in [4.78, 5) is 27.4. The van der Waals surface area contributed by atoms with Crippen LogP contribution in [0.2, 0.25) is 0 Å². The Balaban J connectivity index is 2.33. The van der Waals surface area contributed by atoms with Crippen LogP contribution >= 0.6 is 8.03 Å². The molecule has 3 atom stereocenters. The Morgan fingerprint density at radius 2 is 1.70 bits per heavy atom. The van der Waals surface area contributed by atoms with Gasteiger partial charge in [0.1, 0.15) is 5.82 Å². The van der Waals surface area contributed by atoms with E-state index in [0.717, 1.165) is 17.5 Å². The molecule has 170 valence electrons. The van der Waals surface area contributed by atoms with Crippen molar-refractivity contribution < 1.29 is 28.9 Å². The van der Waals surface area contributed by atoms with Gasteiger partial charge in [-0.25, -0.2) is 14.2 Å². The predicted octanol–water partition coefficient (Wildman–Crippen LogP) is 4.61. The summed E-state index contributed by atoms with van der Waals surface area (Å²) >= 11 is 0. The normalized spacial score (nSPS) is 15.6. The Labute approximate surface area is 192 Å². The summed E-state index contributed by atoms with van der Waals surface area (Å²) in [6, 6.07) is 15.1. The van der Waals surface area contributed by atoms with Gasteiger partial charge in [0.25, 0.3) is 0 Å². The number of nitrogens with zero attached hydrogens (tertiary/aromatic N) is 1. The lowest BCUT2D eigenvalue weighted by atomic mass is 9.72. The molecule has 0 aliphatic rings. The molecule has 3 N–H and O–H groups in total. The molecule has 33 heavy (non-hydrogen) atoms. The Morgan fingerprint density at radius 1 is 1.06 bits per heavy atom. The highest BCUT2D eigenvalue weighted by Crippen LogP contribution is 2.53. The highest BCUT2D eigenvalue weighted by Gasteiger charge is 2.72. The van der Waals surface area contributed by atoms with Crippen LogP contribution in [0.3, 0.4) is 0 Å². The van der Waals surface area contributed by atoms with Crippen molar-refractivity contribution in [3.05, 3.63) is 77.7 Å². The van der Waals surface area contributed by atoms with Gasteiger partial charge in [0.05, 0.1) is 11.2 Å². The van der Waals surface area contributed by atoms with E-state index in [-0.39, 0.29) is 17.7 Å². The third-order valence-corrected chi connectivity index (χ3v) is 6.48. The highest BCUT2D eigenvalue weighted by molar-refractivity contribution is 7.42. The molecule has 0 saturated heterocycles. The van der Waals surface area contributed by atoms with E-state index in [0.29, 0.717) is 5.52 Å². The van der Waals surface area contributed by atoms with Gasteiger partial charge in [0, 0.05) is 10.9 Å². The first-order valence-electron chi connectivity index (χ1n) is 10.2. The molecule has 8 heteroatoms. The smallest absolute Gasteiger partial charge is 0.477 e. The van der Waals surface area contributed by atoms with Crippen LogP contribution in [0.1, 0.15) is 38.4 Å². The fourth-order valence-electron chi connectivity index (χ4n) is 3.79. The van der Waals surface area contributed by atoms with Crippen LogP contribution in [-0.2, 0) is 15.0 Å². The fourth-order valence-corrected chi connectivity index (χ4v) is 4.61. The zero-order valence-corrected chi connectivity index (χ0v) is 19.3. The van der Waals surface area contributed by atoms with Gasteiger partial charge in [-0.3, -0.25) is 0 Å². The summed E-state index contributed by atoms with van der Waals surface area (Å²) in [5.41, 5.74) is -2.48. The van der Waals surface area contributed by atoms with Gasteiger partial charge in [-0.2, -0.15) is 4.89 Å². The van der Waals surface area contributed by atoms with Crippen molar-refractivity contribution in [2.75, 3.05) is 0 Å². The second-order valence-corrected chi connectivity index (χ2v) is 10.2. The number of hydrogen-bond acceptors (Lipinski definition) is 4. The number of aliphatic carboxylic acids is 1. The van der Waals surface area contributed by atoms with Crippen LogP contribution in [0.4, 0.5) is 4.39 Å². The van der Waals surface area contributed by atoms with Crippen molar-refractivity contribution >= 4 is 24.9 Å². The topological polar surface area (TPSA) is 108 Å². The minimum atomic E-state index is -3.59. The zero-order valence-electron chi connectivity index (χ0n) is 18.4. The summed E-state index contributed by atoms with van der Waals surface area (Å²) in [7, 11) is -3.59. The molecule has 1 aromatic heterocycles. The standard InChI is InChI=1S/C25H23FNO5P/c1-23(2,3)16-24(30,21-13-10-18-6-4-5-7-20(18)27-21)25(22(28)29,33(31)32)15-14-17-8-11-19(26)12-9-17/h4-13,30H,16H2,1-3H3,(H-,28,29,31,32)/p+1. The first kappa shape index (κ1) is 24.5. The number of benzene rings is 2. The molecule has 0 spiro atoms. The number of carboxylic acid groups (broad SMARTS) is 1. The molecular formula is C25H24FNO5P+. The van der Waals surface area contributed by atoms with Crippen LogP contribution in [0, 0.1) is 23.1 Å². The maximum Gasteiger partial charge on any atom is 0.541 e. The molecule has 0 amide bonds.